The molecule has 0 bridgehead atoms. The van der Waals surface area contributed by atoms with Crippen LogP contribution in [0.3, 0.4) is 0 Å². The molecule has 0 fully saturated rings. The smallest absolute Gasteiger partial charge is 0.243 e. The lowest BCUT2D eigenvalue weighted by molar-refractivity contribution is -0.122. The van der Waals surface area contributed by atoms with Gasteiger partial charge in [0.2, 0.25) is 15.9 Å². The molecule has 0 spiro atoms. The molecular formula is C22H30N2O3S. The van der Waals surface area contributed by atoms with E-state index < -0.39 is 16.1 Å². The summed E-state index contributed by atoms with van der Waals surface area (Å²) in [5, 5.41) is 2.94. The standard InChI is InChI=1S/C22H30N2O3S/c1-6-21(22(25)23-15-18(4)19-10-8-7-9-11-19)24(28(5,26)27)20-13-12-16(2)17(3)14-20/h7-14,18,21H,6,15H2,1-5H3,(H,23,25)/t18-,21+/m0/s1. The average Bonchev–Trinajstić information content (AvgIpc) is 2.66. The predicted molar refractivity (Wildman–Crippen MR) is 115 cm³/mol. The Labute approximate surface area is 168 Å². The summed E-state index contributed by atoms with van der Waals surface area (Å²) in [7, 11) is -3.62. The summed E-state index contributed by atoms with van der Waals surface area (Å²) >= 11 is 0. The first-order valence-electron chi connectivity index (χ1n) is 9.54. The van der Waals surface area contributed by atoms with E-state index in [1.807, 2.05) is 70.2 Å². The van der Waals surface area contributed by atoms with Gasteiger partial charge < -0.3 is 5.32 Å². The highest BCUT2D eigenvalue weighted by Crippen LogP contribution is 2.25. The number of sulfonamides is 1. The maximum Gasteiger partial charge on any atom is 0.243 e. The van der Waals surface area contributed by atoms with Crippen molar-refractivity contribution in [1.29, 1.82) is 0 Å². The van der Waals surface area contributed by atoms with E-state index in [9.17, 15) is 13.2 Å². The van der Waals surface area contributed by atoms with E-state index in [2.05, 4.69) is 5.32 Å². The number of anilines is 1. The Hall–Kier alpha value is -2.34. The summed E-state index contributed by atoms with van der Waals surface area (Å²) in [5.74, 6) is -0.148. The summed E-state index contributed by atoms with van der Waals surface area (Å²) in [5.41, 5.74) is 3.71. The normalized spacial score (nSPS) is 13.6. The van der Waals surface area contributed by atoms with Crippen LogP contribution in [0.15, 0.2) is 48.5 Å². The largest absolute Gasteiger partial charge is 0.354 e. The van der Waals surface area contributed by atoms with E-state index in [4.69, 9.17) is 0 Å². The Bertz CT molecular complexity index is 911. The summed E-state index contributed by atoms with van der Waals surface area (Å²) in [6, 6.07) is 14.6. The zero-order chi connectivity index (χ0) is 20.9. The van der Waals surface area contributed by atoms with Crippen molar-refractivity contribution >= 4 is 21.6 Å². The van der Waals surface area contributed by atoms with E-state index >= 15 is 0 Å². The highest BCUT2D eigenvalue weighted by molar-refractivity contribution is 7.92. The first kappa shape index (κ1) is 22.0. The van der Waals surface area contributed by atoms with Gasteiger partial charge in [0.15, 0.2) is 0 Å². The molecule has 6 heteroatoms. The zero-order valence-corrected chi connectivity index (χ0v) is 18.1. The molecule has 0 heterocycles. The molecule has 28 heavy (non-hydrogen) atoms. The van der Waals surface area contributed by atoms with E-state index in [-0.39, 0.29) is 11.8 Å². The number of carbonyl (C=O) groups is 1. The highest BCUT2D eigenvalue weighted by atomic mass is 32.2. The van der Waals surface area contributed by atoms with Gasteiger partial charge in [-0.3, -0.25) is 9.10 Å². The van der Waals surface area contributed by atoms with Crippen molar-refractivity contribution in [3.8, 4) is 0 Å². The van der Waals surface area contributed by atoms with Gasteiger partial charge in [-0.2, -0.15) is 0 Å². The second kappa shape index (κ2) is 9.24. The molecule has 0 aliphatic carbocycles. The zero-order valence-electron chi connectivity index (χ0n) is 17.3. The SMILES string of the molecule is CC[C@H](C(=O)NC[C@H](C)c1ccccc1)N(c1ccc(C)c(C)c1)S(C)(=O)=O. The van der Waals surface area contributed by atoms with Crippen molar-refractivity contribution in [2.24, 2.45) is 0 Å². The fourth-order valence-corrected chi connectivity index (χ4v) is 4.40. The van der Waals surface area contributed by atoms with Crippen molar-refractivity contribution in [2.45, 2.75) is 46.1 Å². The molecule has 0 saturated heterocycles. The summed E-state index contributed by atoms with van der Waals surface area (Å²) in [4.78, 5) is 12.9. The average molecular weight is 403 g/mol. The number of amides is 1. The minimum atomic E-state index is -3.62. The van der Waals surface area contributed by atoms with Crippen molar-refractivity contribution in [3.63, 3.8) is 0 Å². The number of nitrogens with one attached hydrogen (secondary N) is 1. The second-order valence-corrected chi connectivity index (χ2v) is 9.17. The predicted octanol–water partition coefficient (Wildman–Crippen LogP) is 3.77. The first-order chi connectivity index (χ1) is 13.1. The van der Waals surface area contributed by atoms with Crippen LogP contribution in [0.25, 0.3) is 0 Å². The van der Waals surface area contributed by atoms with Crippen LogP contribution in [0.1, 0.15) is 42.9 Å². The van der Waals surface area contributed by atoms with Gasteiger partial charge in [0, 0.05) is 6.54 Å². The molecule has 0 aromatic heterocycles. The van der Waals surface area contributed by atoms with Crippen molar-refractivity contribution in [2.75, 3.05) is 17.1 Å². The monoisotopic (exact) mass is 402 g/mol. The highest BCUT2D eigenvalue weighted by Gasteiger charge is 2.31. The van der Waals surface area contributed by atoms with Crippen molar-refractivity contribution < 1.29 is 13.2 Å². The third-order valence-corrected chi connectivity index (χ3v) is 6.21. The number of hydrogen-bond acceptors (Lipinski definition) is 3. The van der Waals surface area contributed by atoms with Crippen LogP contribution >= 0.6 is 0 Å². The molecule has 0 radical (unpaired) electrons. The van der Waals surface area contributed by atoms with Crippen LogP contribution in [0, 0.1) is 13.8 Å². The fourth-order valence-electron chi connectivity index (χ4n) is 3.19. The van der Waals surface area contributed by atoms with Crippen LogP contribution in [0.2, 0.25) is 0 Å². The number of nitrogens with zero attached hydrogens (tertiary/aromatic N) is 1. The van der Waals surface area contributed by atoms with Crippen LogP contribution in [0.4, 0.5) is 5.69 Å². The lowest BCUT2D eigenvalue weighted by Crippen LogP contribution is -2.49. The lowest BCUT2D eigenvalue weighted by atomic mass is 10.0. The molecule has 2 aromatic rings. The molecule has 0 aliphatic heterocycles. The topological polar surface area (TPSA) is 66.5 Å². The minimum Gasteiger partial charge on any atom is -0.354 e. The van der Waals surface area contributed by atoms with Gasteiger partial charge in [-0.05, 0) is 55.0 Å². The van der Waals surface area contributed by atoms with E-state index in [1.165, 1.54) is 4.31 Å². The number of carbonyl (C=O) groups excluding carboxylic acids is 1. The summed E-state index contributed by atoms with van der Waals surface area (Å²) in [6.07, 6.45) is 1.52. The third kappa shape index (κ3) is 5.35. The Morgan fingerprint density at radius 1 is 1.07 bits per heavy atom. The minimum absolute atomic E-state index is 0.135. The molecule has 0 unspecified atom stereocenters. The maximum atomic E-state index is 12.9. The van der Waals surface area contributed by atoms with Gasteiger partial charge >= 0.3 is 0 Å². The van der Waals surface area contributed by atoms with Gasteiger partial charge in [-0.1, -0.05) is 50.2 Å². The van der Waals surface area contributed by atoms with E-state index in [0.717, 1.165) is 22.9 Å². The van der Waals surface area contributed by atoms with Crippen LogP contribution < -0.4 is 9.62 Å². The van der Waals surface area contributed by atoms with Gasteiger partial charge in [-0.25, -0.2) is 8.42 Å². The molecule has 2 rings (SSSR count). The number of benzene rings is 2. The van der Waals surface area contributed by atoms with Gasteiger partial charge in [0.05, 0.1) is 11.9 Å². The molecule has 1 N–H and O–H groups in total. The molecule has 2 aromatic carbocycles. The molecule has 1 amide bonds. The van der Waals surface area contributed by atoms with Gasteiger partial charge in [-0.15, -0.1) is 0 Å². The van der Waals surface area contributed by atoms with Crippen molar-refractivity contribution in [1.82, 2.24) is 5.32 Å². The Kier molecular flexibility index (Phi) is 7.24. The Morgan fingerprint density at radius 3 is 2.25 bits per heavy atom. The fraction of sp³-hybridized carbons (Fsp3) is 0.409. The summed E-state index contributed by atoms with van der Waals surface area (Å²) < 4.78 is 26.3. The van der Waals surface area contributed by atoms with Crippen LogP contribution in [0.5, 0.6) is 0 Å². The van der Waals surface area contributed by atoms with Gasteiger partial charge in [0.1, 0.15) is 6.04 Å². The second-order valence-electron chi connectivity index (χ2n) is 7.31. The first-order valence-corrected chi connectivity index (χ1v) is 11.4. The lowest BCUT2D eigenvalue weighted by Gasteiger charge is -2.31. The third-order valence-electron chi connectivity index (χ3n) is 5.03. The number of rotatable bonds is 8. The number of aryl methyl sites for hydroxylation is 2. The molecule has 5 nitrogen and oxygen atoms in total. The number of hydrogen-bond donors (Lipinski definition) is 1. The maximum absolute atomic E-state index is 12.9. The Balaban J connectivity index is 2.23. The molecule has 0 saturated carbocycles. The van der Waals surface area contributed by atoms with E-state index in [1.54, 1.807) is 6.07 Å². The molecule has 0 aliphatic rings. The summed E-state index contributed by atoms with van der Waals surface area (Å²) in [6.45, 7) is 8.21. The quantitative estimate of drug-likeness (QED) is 0.731. The van der Waals surface area contributed by atoms with Crippen LogP contribution in [-0.4, -0.2) is 33.2 Å². The van der Waals surface area contributed by atoms with Crippen molar-refractivity contribution in [3.05, 3.63) is 65.2 Å². The van der Waals surface area contributed by atoms with Gasteiger partial charge in [0.25, 0.3) is 0 Å². The molecule has 2 atom stereocenters. The Morgan fingerprint density at radius 2 is 1.71 bits per heavy atom. The van der Waals surface area contributed by atoms with Crippen LogP contribution in [-0.2, 0) is 14.8 Å². The van der Waals surface area contributed by atoms with E-state index in [0.29, 0.717) is 18.7 Å². The molecular weight excluding hydrogens is 372 g/mol. The molecule has 152 valence electrons.